The first-order valence-electron chi connectivity index (χ1n) is 5.41. The van der Waals surface area contributed by atoms with Crippen LogP contribution in [0.15, 0.2) is 0 Å². The van der Waals surface area contributed by atoms with Crippen LogP contribution in [0.4, 0.5) is 0 Å². The van der Waals surface area contributed by atoms with Crippen LogP contribution in [0.5, 0.6) is 0 Å². The van der Waals surface area contributed by atoms with Crippen LogP contribution in [0.3, 0.4) is 0 Å². The smallest absolute Gasteiger partial charge is 0.221 e. The number of amides is 1. The van der Waals surface area contributed by atoms with E-state index in [0.29, 0.717) is 25.6 Å². The standard InChI is InChI=1S/C10H21N3O/c1-13-7-3-2-4-9(13)8-10(14)12-6-5-11/h9H,2-8,11H2,1H3,(H,12,14). The molecule has 1 saturated heterocycles. The van der Waals surface area contributed by atoms with Crippen molar-refractivity contribution < 1.29 is 4.79 Å². The van der Waals surface area contributed by atoms with Gasteiger partial charge >= 0.3 is 0 Å². The maximum atomic E-state index is 11.4. The molecule has 1 aliphatic heterocycles. The summed E-state index contributed by atoms with van der Waals surface area (Å²) in [6.45, 7) is 2.23. The Hall–Kier alpha value is -0.610. The molecular weight excluding hydrogens is 178 g/mol. The number of nitrogens with zero attached hydrogens (tertiary/aromatic N) is 1. The Morgan fingerprint density at radius 3 is 3.00 bits per heavy atom. The van der Waals surface area contributed by atoms with Gasteiger partial charge in [0, 0.05) is 25.6 Å². The van der Waals surface area contributed by atoms with Crippen molar-refractivity contribution in [1.82, 2.24) is 10.2 Å². The average molecular weight is 199 g/mol. The first-order valence-corrected chi connectivity index (χ1v) is 5.41. The number of nitrogens with one attached hydrogen (secondary N) is 1. The minimum atomic E-state index is 0.134. The zero-order valence-corrected chi connectivity index (χ0v) is 8.96. The molecule has 1 unspecified atom stereocenters. The second-order valence-electron chi connectivity index (χ2n) is 3.97. The van der Waals surface area contributed by atoms with Gasteiger partial charge in [-0.25, -0.2) is 0 Å². The number of nitrogens with two attached hydrogens (primary N) is 1. The first kappa shape index (κ1) is 11.5. The Balaban J connectivity index is 2.23. The highest BCUT2D eigenvalue weighted by Gasteiger charge is 2.21. The third-order valence-electron chi connectivity index (χ3n) is 2.81. The molecule has 1 atom stereocenters. The summed E-state index contributed by atoms with van der Waals surface area (Å²) in [5.41, 5.74) is 5.31. The monoisotopic (exact) mass is 199 g/mol. The van der Waals surface area contributed by atoms with E-state index < -0.39 is 0 Å². The fourth-order valence-corrected chi connectivity index (χ4v) is 1.90. The van der Waals surface area contributed by atoms with E-state index in [9.17, 15) is 4.79 Å². The van der Waals surface area contributed by atoms with Gasteiger partial charge in [-0.2, -0.15) is 0 Å². The summed E-state index contributed by atoms with van der Waals surface area (Å²) in [7, 11) is 2.10. The highest BCUT2D eigenvalue weighted by Crippen LogP contribution is 2.17. The molecule has 0 aromatic heterocycles. The van der Waals surface area contributed by atoms with Gasteiger partial charge in [0.1, 0.15) is 0 Å². The highest BCUT2D eigenvalue weighted by molar-refractivity contribution is 5.76. The van der Waals surface area contributed by atoms with Crippen LogP contribution >= 0.6 is 0 Å². The Morgan fingerprint density at radius 1 is 1.57 bits per heavy atom. The number of hydrogen-bond donors (Lipinski definition) is 2. The lowest BCUT2D eigenvalue weighted by Crippen LogP contribution is -2.40. The van der Waals surface area contributed by atoms with Crippen LogP contribution in [-0.2, 0) is 4.79 Å². The second-order valence-corrected chi connectivity index (χ2v) is 3.97. The molecule has 1 fully saturated rings. The van der Waals surface area contributed by atoms with Crippen molar-refractivity contribution in [3.8, 4) is 0 Å². The SMILES string of the molecule is CN1CCCCC1CC(=O)NCCN. The molecule has 0 saturated carbocycles. The van der Waals surface area contributed by atoms with E-state index in [2.05, 4.69) is 17.3 Å². The van der Waals surface area contributed by atoms with Crippen LogP contribution < -0.4 is 11.1 Å². The molecule has 14 heavy (non-hydrogen) atoms. The summed E-state index contributed by atoms with van der Waals surface area (Å²) in [5.74, 6) is 0.134. The van der Waals surface area contributed by atoms with E-state index in [4.69, 9.17) is 5.73 Å². The van der Waals surface area contributed by atoms with Gasteiger partial charge in [-0.15, -0.1) is 0 Å². The second kappa shape index (κ2) is 5.98. The normalized spacial score (nSPS) is 23.4. The molecule has 4 nitrogen and oxygen atoms in total. The lowest BCUT2D eigenvalue weighted by atomic mass is 10.00. The van der Waals surface area contributed by atoms with Gasteiger partial charge in [-0.1, -0.05) is 6.42 Å². The van der Waals surface area contributed by atoms with Gasteiger partial charge in [0.05, 0.1) is 0 Å². The van der Waals surface area contributed by atoms with E-state index in [1.54, 1.807) is 0 Å². The van der Waals surface area contributed by atoms with Crippen LogP contribution in [0.2, 0.25) is 0 Å². The molecule has 3 N–H and O–H groups in total. The molecule has 0 bridgehead atoms. The van der Waals surface area contributed by atoms with Gasteiger partial charge in [0.2, 0.25) is 5.91 Å². The van der Waals surface area contributed by atoms with Crippen LogP contribution in [-0.4, -0.2) is 43.5 Å². The topological polar surface area (TPSA) is 58.4 Å². The number of carbonyl (C=O) groups excluding carboxylic acids is 1. The van der Waals surface area contributed by atoms with Crippen molar-refractivity contribution in [3.05, 3.63) is 0 Å². The molecule has 1 rings (SSSR count). The maximum absolute atomic E-state index is 11.4. The third-order valence-corrected chi connectivity index (χ3v) is 2.81. The number of rotatable bonds is 4. The van der Waals surface area contributed by atoms with Crippen molar-refractivity contribution in [3.63, 3.8) is 0 Å². The Kier molecular flexibility index (Phi) is 4.90. The Morgan fingerprint density at radius 2 is 2.36 bits per heavy atom. The molecular formula is C10H21N3O. The number of hydrogen-bond acceptors (Lipinski definition) is 3. The minimum absolute atomic E-state index is 0.134. The fraction of sp³-hybridized carbons (Fsp3) is 0.900. The van der Waals surface area contributed by atoms with Crippen LogP contribution in [0, 0.1) is 0 Å². The zero-order valence-electron chi connectivity index (χ0n) is 8.96. The van der Waals surface area contributed by atoms with Gasteiger partial charge in [0.15, 0.2) is 0 Å². The third kappa shape index (κ3) is 3.64. The summed E-state index contributed by atoms with van der Waals surface area (Å²) in [5, 5.41) is 2.81. The van der Waals surface area contributed by atoms with Crippen LogP contribution in [0.1, 0.15) is 25.7 Å². The molecule has 1 aliphatic rings. The summed E-state index contributed by atoms with van der Waals surface area (Å²) in [4.78, 5) is 13.7. The number of likely N-dealkylation sites (tertiary alicyclic amines) is 1. The molecule has 1 amide bonds. The molecule has 0 aromatic rings. The van der Waals surface area contributed by atoms with Crippen molar-refractivity contribution in [2.24, 2.45) is 5.73 Å². The maximum Gasteiger partial charge on any atom is 0.221 e. The zero-order chi connectivity index (χ0) is 10.4. The molecule has 4 heteroatoms. The van der Waals surface area contributed by atoms with Crippen molar-refractivity contribution >= 4 is 5.91 Å². The van der Waals surface area contributed by atoms with Crippen molar-refractivity contribution in [2.75, 3.05) is 26.7 Å². The molecule has 0 aromatic carbocycles. The van der Waals surface area contributed by atoms with E-state index in [0.717, 1.165) is 13.0 Å². The molecule has 0 spiro atoms. The molecule has 1 heterocycles. The van der Waals surface area contributed by atoms with Gasteiger partial charge in [-0.3, -0.25) is 4.79 Å². The lowest BCUT2D eigenvalue weighted by molar-refractivity contribution is -0.122. The van der Waals surface area contributed by atoms with E-state index in [1.807, 2.05) is 0 Å². The summed E-state index contributed by atoms with van der Waals surface area (Å²) in [6, 6.07) is 0.432. The predicted molar refractivity (Wildman–Crippen MR) is 57.0 cm³/mol. The summed E-state index contributed by atoms with van der Waals surface area (Å²) in [6.07, 6.45) is 4.28. The fourth-order valence-electron chi connectivity index (χ4n) is 1.90. The van der Waals surface area contributed by atoms with E-state index in [1.165, 1.54) is 12.8 Å². The number of piperidine rings is 1. The van der Waals surface area contributed by atoms with Crippen LogP contribution in [0.25, 0.3) is 0 Å². The first-order chi connectivity index (χ1) is 6.74. The average Bonchev–Trinajstić information content (AvgIpc) is 2.18. The van der Waals surface area contributed by atoms with Crippen molar-refractivity contribution in [2.45, 2.75) is 31.7 Å². The minimum Gasteiger partial charge on any atom is -0.355 e. The quantitative estimate of drug-likeness (QED) is 0.666. The largest absolute Gasteiger partial charge is 0.355 e. The van der Waals surface area contributed by atoms with Gasteiger partial charge in [-0.05, 0) is 26.4 Å². The van der Waals surface area contributed by atoms with E-state index in [-0.39, 0.29) is 5.91 Å². The molecule has 82 valence electrons. The Labute approximate surface area is 85.8 Å². The van der Waals surface area contributed by atoms with Crippen molar-refractivity contribution in [1.29, 1.82) is 0 Å². The molecule has 0 radical (unpaired) electrons. The lowest BCUT2D eigenvalue weighted by Gasteiger charge is -2.31. The van der Waals surface area contributed by atoms with Gasteiger partial charge < -0.3 is 16.0 Å². The number of carbonyl (C=O) groups is 1. The highest BCUT2D eigenvalue weighted by atomic mass is 16.1. The Bertz CT molecular complexity index is 184. The molecule has 0 aliphatic carbocycles. The summed E-state index contributed by atoms with van der Waals surface area (Å²) < 4.78 is 0. The summed E-state index contributed by atoms with van der Waals surface area (Å²) >= 11 is 0. The van der Waals surface area contributed by atoms with Gasteiger partial charge in [0.25, 0.3) is 0 Å². The predicted octanol–water partition coefficient (Wildman–Crippen LogP) is -0.0643. The van der Waals surface area contributed by atoms with E-state index >= 15 is 0 Å².